The Labute approximate surface area is 124 Å². The van der Waals surface area contributed by atoms with E-state index >= 15 is 0 Å². The van der Waals surface area contributed by atoms with Gasteiger partial charge >= 0.3 is 0 Å². The van der Waals surface area contributed by atoms with E-state index in [-0.39, 0.29) is 18.2 Å². The molecule has 1 aromatic rings. The van der Waals surface area contributed by atoms with E-state index in [0.717, 1.165) is 45.1 Å². The van der Waals surface area contributed by atoms with Gasteiger partial charge in [-0.15, -0.1) is 10.2 Å². The summed E-state index contributed by atoms with van der Waals surface area (Å²) in [6.45, 7) is 1.40. The van der Waals surface area contributed by atoms with Crippen molar-refractivity contribution in [2.45, 2.75) is 62.9 Å². The predicted molar refractivity (Wildman–Crippen MR) is 75.4 cm³/mol. The summed E-state index contributed by atoms with van der Waals surface area (Å²) in [6.07, 6.45) is 6.90. The smallest absolute Gasteiger partial charge is 0.225 e. The van der Waals surface area contributed by atoms with Gasteiger partial charge in [-0.25, -0.2) is 0 Å². The van der Waals surface area contributed by atoms with Crippen molar-refractivity contribution in [2.24, 2.45) is 0 Å². The van der Waals surface area contributed by atoms with Gasteiger partial charge in [0, 0.05) is 19.0 Å². The Kier molecular flexibility index (Phi) is 4.19. The normalized spacial score (nSPS) is 25.8. The number of carbonyl (C=O) groups excluding carboxylic acids is 1. The maximum absolute atomic E-state index is 12.5. The molecule has 1 aliphatic carbocycles. The number of hydrogen-bond acceptors (Lipinski definition) is 5. The standard InChI is InChI=1S/C14H23N5O2/c20-12(9-14(21)6-2-1-3-7-14)19-8-4-5-11(10-19)13-15-17-18-16-13/h11,21H,1-10H2,(H,15,16,17,18). The van der Waals surface area contributed by atoms with Crippen LogP contribution in [0.4, 0.5) is 0 Å². The van der Waals surface area contributed by atoms with Gasteiger partial charge in [-0.05, 0) is 25.7 Å². The minimum Gasteiger partial charge on any atom is -0.389 e. The molecule has 1 atom stereocenters. The molecule has 2 aliphatic rings. The SMILES string of the molecule is O=C(CC1(O)CCCCC1)N1CCCC(c2nn[nH]n2)C1. The number of piperidine rings is 1. The molecule has 7 nitrogen and oxygen atoms in total. The van der Waals surface area contributed by atoms with Crippen LogP contribution < -0.4 is 0 Å². The summed E-state index contributed by atoms with van der Waals surface area (Å²) < 4.78 is 0. The van der Waals surface area contributed by atoms with Crippen LogP contribution in [0.15, 0.2) is 0 Å². The largest absolute Gasteiger partial charge is 0.389 e. The first-order valence-corrected chi connectivity index (χ1v) is 7.90. The summed E-state index contributed by atoms with van der Waals surface area (Å²) in [5.41, 5.74) is -0.783. The zero-order valence-electron chi connectivity index (χ0n) is 12.3. The minimum absolute atomic E-state index is 0.0626. The fraction of sp³-hybridized carbons (Fsp3) is 0.857. The number of rotatable bonds is 3. The van der Waals surface area contributed by atoms with Crippen molar-refractivity contribution in [3.8, 4) is 0 Å². The van der Waals surface area contributed by atoms with E-state index in [0.29, 0.717) is 12.4 Å². The van der Waals surface area contributed by atoms with Crippen LogP contribution in [0, 0.1) is 0 Å². The van der Waals surface area contributed by atoms with E-state index in [1.54, 1.807) is 0 Å². The van der Waals surface area contributed by atoms with E-state index in [9.17, 15) is 9.90 Å². The van der Waals surface area contributed by atoms with Gasteiger partial charge in [0.05, 0.1) is 12.0 Å². The van der Waals surface area contributed by atoms with E-state index < -0.39 is 5.60 Å². The minimum atomic E-state index is -0.783. The highest BCUT2D eigenvalue weighted by atomic mass is 16.3. The van der Waals surface area contributed by atoms with E-state index in [2.05, 4.69) is 20.6 Å². The summed E-state index contributed by atoms with van der Waals surface area (Å²) in [4.78, 5) is 14.3. The summed E-state index contributed by atoms with van der Waals surface area (Å²) in [5, 5.41) is 24.7. The van der Waals surface area contributed by atoms with Crippen LogP contribution in [-0.4, -0.2) is 55.2 Å². The summed E-state index contributed by atoms with van der Waals surface area (Å²) in [6, 6.07) is 0. The average molecular weight is 293 g/mol. The maximum Gasteiger partial charge on any atom is 0.225 e. The molecule has 21 heavy (non-hydrogen) atoms. The Morgan fingerprint density at radius 2 is 2.14 bits per heavy atom. The fourth-order valence-electron chi connectivity index (χ4n) is 3.54. The summed E-state index contributed by atoms with van der Waals surface area (Å²) in [5.74, 6) is 0.902. The first-order valence-electron chi connectivity index (χ1n) is 7.90. The Balaban J connectivity index is 1.59. The third kappa shape index (κ3) is 3.40. The van der Waals surface area contributed by atoms with Crippen molar-refractivity contribution >= 4 is 5.91 Å². The first kappa shape index (κ1) is 14.4. The Morgan fingerprint density at radius 3 is 2.86 bits per heavy atom. The number of tetrazole rings is 1. The van der Waals surface area contributed by atoms with Crippen molar-refractivity contribution in [3.63, 3.8) is 0 Å². The number of carbonyl (C=O) groups is 1. The van der Waals surface area contributed by atoms with Gasteiger partial charge in [0.2, 0.25) is 5.91 Å². The average Bonchev–Trinajstić information content (AvgIpc) is 3.02. The zero-order valence-corrected chi connectivity index (χ0v) is 12.3. The number of nitrogens with one attached hydrogen (secondary N) is 1. The number of aliphatic hydroxyl groups is 1. The fourth-order valence-corrected chi connectivity index (χ4v) is 3.54. The molecular formula is C14H23N5O2. The lowest BCUT2D eigenvalue weighted by Crippen LogP contribution is -2.44. The van der Waals surface area contributed by atoms with Crippen LogP contribution >= 0.6 is 0 Å². The molecule has 0 bridgehead atoms. The molecule has 1 aromatic heterocycles. The van der Waals surface area contributed by atoms with Gasteiger partial charge in [0.15, 0.2) is 5.82 Å². The van der Waals surface area contributed by atoms with Crippen LogP contribution in [0.5, 0.6) is 0 Å². The van der Waals surface area contributed by atoms with Gasteiger partial charge < -0.3 is 10.0 Å². The van der Waals surface area contributed by atoms with Gasteiger partial charge in [0.25, 0.3) is 0 Å². The van der Waals surface area contributed by atoms with Crippen LogP contribution in [-0.2, 0) is 4.79 Å². The number of aromatic amines is 1. The van der Waals surface area contributed by atoms with Crippen molar-refractivity contribution in [2.75, 3.05) is 13.1 Å². The van der Waals surface area contributed by atoms with Crippen LogP contribution in [0.1, 0.15) is 63.1 Å². The third-order valence-corrected chi connectivity index (χ3v) is 4.77. The van der Waals surface area contributed by atoms with Crippen molar-refractivity contribution in [3.05, 3.63) is 5.82 Å². The molecule has 0 aromatic carbocycles. The number of amides is 1. The number of nitrogens with zero attached hydrogens (tertiary/aromatic N) is 4. The highest BCUT2D eigenvalue weighted by molar-refractivity contribution is 5.77. The third-order valence-electron chi connectivity index (χ3n) is 4.77. The number of H-pyrrole nitrogens is 1. The molecule has 1 saturated heterocycles. The Hall–Kier alpha value is -1.50. The number of likely N-dealkylation sites (tertiary alicyclic amines) is 1. The van der Waals surface area contributed by atoms with Crippen molar-refractivity contribution < 1.29 is 9.90 Å². The lowest BCUT2D eigenvalue weighted by atomic mass is 9.82. The predicted octanol–water partition coefficient (Wildman–Crippen LogP) is 0.991. The molecule has 116 valence electrons. The summed E-state index contributed by atoms with van der Waals surface area (Å²) in [7, 11) is 0. The molecule has 2 fully saturated rings. The monoisotopic (exact) mass is 293 g/mol. The van der Waals surface area contributed by atoms with Gasteiger partial charge in [0.1, 0.15) is 0 Å². The molecule has 0 spiro atoms. The van der Waals surface area contributed by atoms with E-state index in [1.807, 2.05) is 4.90 Å². The molecule has 1 unspecified atom stereocenters. The maximum atomic E-state index is 12.5. The molecule has 2 heterocycles. The van der Waals surface area contributed by atoms with Crippen LogP contribution in [0.25, 0.3) is 0 Å². The van der Waals surface area contributed by atoms with Gasteiger partial charge in [-0.1, -0.05) is 24.5 Å². The van der Waals surface area contributed by atoms with Crippen LogP contribution in [0.3, 0.4) is 0 Å². The van der Waals surface area contributed by atoms with Gasteiger partial charge in [-0.3, -0.25) is 4.79 Å². The molecule has 1 saturated carbocycles. The second-order valence-corrected chi connectivity index (χ2v) is 6.41. The molecule has 1 aliphatic heterocycles. The number of aromatic nitrogens is 4. The number of hydrogen-bond donors (Lipinski definition) is 2. The first-order chi connectivity index (χ1) is 10.2. The molecule has 3 rings (SSSR count). The van der Waals surface area contributed by atoms with Crippen molar-refractivity contribution in [1.29, 1.82) is 0 Å². The second kappa shape index (κ2) is 6.09. The quantitative estimate of drug-likeness (QED) is 0.866. The second-order valence-electron chi connectivity index (χ2n) is 6.41. The molecule has 1 amide bonds. The highest BCUT2D eigenvalue weighted by Crippen LogP contribution is 2.32. The Bertz CT molecular complexity index is 470. The topological polar surface area (TPSA) is 95.0 Å². The summed E-state index contributed by atoms with van der Waals surface area (Å²) >= 11 is 0. The molecule has 0 radical (unpaired) electrons. The lowest BCUT2D eigenvalue weighted by Gasteiger charge is -2.36. The lowest BCUT2D eigenvalue weighted by molar-refractivity contribution is -0.139. The molecule has 7 heteroatoms. The zero-order chi connectivity index (χ0) is 14.7. The van der Waals surface area contributed by atoms with Gasteiger partial charge in [-0.2, -0.15) is 5.21 Å². The Morgan fingerprint density at radius 1 is 1.33 bits per heavy atom. The van der Waals surface area contributed by atoms with Crippen LogP contribution in [0.2, 0.25) is 0 Å². The van der Waals surface area contributed by atoms with E-state index in [1.165, 1.54) is 6.42 Å². The highest BCUT2D eigenvalue weighted by Gasteiger charge is 2.35. The molecule has 2 N–H and O–H groups in total. The van der Waals surface area contributed by atoms with Crippen molar-refractivity contribution in [1.82, 2.24) is 25.5 Å². The van der Waals surface area contributed by atoms with E-state index in [4.69, 9.17) is 0 Å². The molecular weight excluding hydrogens is 270 g/mol.